The normalized spacial score (nSPS) is 13.1. The highest BCUT2D eigenvalue weighted by Gasteiger charge is 2.03. The van der Waals surface area contributed by atoms with Crippen LogP contribution in [-0.4, -0.2) is 35.9 Å². The lowest BCUT2D eigenvalue weighted by atomic mass is 10.3. The molecule has 0 aromatic rings. The van der Waals surface area contributed by atoms with E-state index in [4.69, 9.17) is 4.74 Å². The minimum absolute atomic E-state index is 0.284. The lowest BCUT2D eigenvalue weighted by Gasteiger charge is -2.10. The average Bonchev–Trinajstić information content (AvgIpc) is 2.19. The fraction of sp³-hybridized carbons (Fsp3) is 1.00. The monoisotopic (exact) mass is 220 g/mol. The minimum atomic E-state index is -0.284. The number of hydrogen-bond acceptors (Lipinski definition) is 3. The van der Waals surface area contributed by atoms with Gasteiger partial charge < -0.3 is 9.84 Å². The summed E-state index contributed by atoms with van der Waals surface area (Å²) in [4.78, 5) is 0. The summed E-state index contributed by atoms with van der Waals surface area (Å²) in [7, 11) is 0. The van der Waals surface area contributed by atoms with Gasteiger partial charge in [-0.15, -0.1) is 0 Å². The van der Waals surface area contributed by atoms with Crippen LogP contribution in [0, 0.1) is 0 Å². The molecule has 14 heavy (non-hydrogen) atoms. The molecule has 0 aliphatic rings. The summed E-state index contributed by atoms with van der Waals surface area (Å²) in [5.41, 5.74) is 0. The van der Waals surface area contributed by atoms with E-state index in [1.807, 2.05) is 11.8 Å². The molecule has 0 fully saturated rings. The first kappa shape index (κ1) is 14.3. The third-order valence-electron chi connectivity index (χ3n) is 1.90. The molecule has 0 aliphatic heterocycles. The van der Waals surface area contributed by atoms with Crippen molar-refractivity contribution >= 4 is 11.8 Å². The Hall–Kier alpha value is 0.270. The molecule has 0 radical (unpaired) electrons. The van der Waals surface area contributed by atoms with Gasteiger partial charge in [0.25, 0.3) is 0 Å². The van der Waals surface area contributed by atoms with Gasteiger partial charge in [0.15, 0.2) is 0 Å². The first-order valence-corrected chi connectivity index (χ1v) is 6.80. The lowest BCUT2D eigenvalue weighted by Crippen LogP contribution is -2.18. The molecule has 0 aromatic heterocycles. The van der Waals surface area contributed by atoms with Gasteiger partial charge >= 0.3 is 0 Å². The Morgan fingerprint density at radius 1 is 1.21 bits per heavy atom. The van der Waals surface area contributed by atoms with Gasteiger partial charge in [-0.3, -0.25) is 0 Å². The minimum Gasteiger partial charge on any atom is -0.390 e. The van der Waals surface area contributed by atoms with Gasteiger partial charge in [-0.1, -0.05) is 26.7 Å². The molecule has 86 valence electrons. The van der Waals surface area contributed by atoms with E-state index in [0.29, 0.717) is 6.61 Å². The van der Waals surface area contributed by atoms with Crippen LogP contribution in [0.3, 0.4) is 0 Å². The smallest absolute Gasteiger partial charge is 0.0863 e. The molecule has 0 saturated heterocycles. The topological polar surface area (TPSA) is 29.5 Å². The number of thioether (sulfide) groups is 1. The number of ether oxygens (including phenoxy) is 1. The van der Waals surface area contributed by atoms with Crippen molar-refractivity contribution in [3.63, 3.8) is 0 Å². The number of hydrogen-bond donors (Lipinski definition) is 1. The number of aliphatic hydroxyl groups excluding tert-OH is 1. The second-order valence-corrected chi connectivity index (χ2v) is 4.66. The summed E-state index contributed by atoms with van der Waals surface area (Å²) in [5.74, 6) is 1.97. The van der Waals surface area contributed by atoms with Crippen LogP contribution >= 0.6 is 11.8 Å². The summed E-state index contributed by atoms with van der Waals surface area (Å²) in [6, 6.07) is 0. The molecule has 2 nitrogen and oxygen atoms in total. The zero-order chi connectivity index (χ0) is 10.6. The van der Waals surface area contributed by atoms with Crippen molar-refractivity contribution in [3.8, 4) is 0 Å². The van der Waals surface area contributed by atoms with Crippen molar-refractivity contribution in [2.24, 2.45) is 0 Å². The van der Waals surface area contributed by atoms with Crippen LogP contribution in [0.15, 0.2) is 0 Å². The van der Waals surface area contributed by atoms with Crippen molar-refractivity contribution in [2.45, 2.75) is 45.6 Å². The highest BCUT2D eigenvalue weighted by atomic mass is 32.2. The predicted molar refractivity (Wildman–Crippen MR) is 64.0 cm³/mol. The Kier molecular flexibility index (Phi) is 11.6. The van der Waals surface area contributed by atoms with E-state index in [1.54, 1.807) is 0 Å². The fourth-order valence-electron chi connectivity index (χ4n) is 0.980. The third-order valence-corrected chi connectivity index (χ3v) is 3.10. The van der Waals surface area contributed by atoms with Gasteiger partial charge in [0, 0.05) is 12.4 Å². The summed E-state index contributed by atoms with van der Waals surface area (Å²) in [6.45, 7) is 5.61. The molecular formula is C11H24O2S. The van der Waals surface area contributed by atoms with Crippen molar-refractivity contribution < 1.29 is 9.84 Å². The van der Waals surface area contributed by atoms with Gasteiger partial charge in [-0.05, 0) is 18.6 Å². The molecule has 0 saturated carbocycles. The molecule has 1 atom stereocenters. The average molecular weight is 220 g/mol. The molecule has 0 rings (SSSR count). The van der Waals surface area contributed by atoms with E-state index < -0.39 is 0 Å². The Balaban J connectivity index is 3.07. The molecule has 0 aromatic carbocycles. The maximum atomic E-state index is 9.50. The maximum absolute atomic E-state index is 9.50. The standard InChI is InChI=1S/C11H24O2S/c1-3-5-7-13-9-11(12)10-14-8-6-4-2/h11-12H,3-10H2,1-2H3. The van der Waals surface area contributed by atoms with Gasteiger partial charge in [0.1, 0.15) is 0 Å². The van der Waals surface area contributed by atoms with Crippen LogP contribution in [0.4, 0.5) is 0 Å². The van der Waals surface area contributed by atoms with Gasteiger partial charge in [0.05, 0.1) is 12.7 Å². The SMILES string of the molecule is CCCCOCC(O)CSCCCC. The van der Waals surface area contributed by atoms with Crippen molar-refractivity contribution in [3.05, 3.63) is 0 Å². The van der Waals surface area contributed by atoms with E-state index in [0.717, 1.165) is 31.0 Å². The summed E-state index contributed by atoms with van der Waals surface area (Å²) in [6.07, 6.45) is 4.44. The van der Waals surface area contributed by atoms with Gasteiger partial charge in [-0.2, -0.15) is 11.8 Å². The Bertz CT molecular complexity index is 97.5. The lowest BCUT2D eigenvalue weighted by molar-refractivity contribution is 0.0473. The number of rotatable bonds is 10. The third kappa shape index (κ3) is 10.4. The van der Waals surface area contributed by atoms with Crippen LogP contribution in [0.25, 0.3) is 0 Å². The first-order valence-electron chi connectivity index (χ1n) is 5.64. The van der Waals surface area contributed by atoms with Gasteiger partial charge in [-0.25, -0.2) is 0 Å². The number of aliphatic hydroxyl groups is 1. The Morgan fingerprint density at radius 3 is 2.57 bits per heavy atom. The highest BCUT2D eigenvalue weighted by molar-refractivity contribution is 7.99. The summed E-state index contributed by atoms with van der Waals surface area (Å²) < 4.78 is 5.33. The summed E-state index contributed by atoms with van der Waals surface area (Å²) >= 11 is 1.82. The summed E-state index contributed by atoms with van der Waals surface area (Å²) in [5, 5.41) is 9.50. The van der Waals surface area contributed by atoms with Gasteiger partial charge in [0.2, 0.25) is 0 Å². The highest BCUT2D eigenvalue weighted by Crippen LogP contribution is 2.06. The zero-order valence-electron chi connectivity index (χ0n) is 9.50. The van der Waals surface area contributed by atoms with Crippen molar-refractivity contribution in [2.75, 3.05) is 24.7 Å². The van der Waals surface area contributed by atoms with Crippen molar-refractivity contribution in [1.82, 2.24) is 0 Å². The molecule has 3 heteroatoms. The van der Waals surface area contributed by atoms with E-state index in [-0.39, 0.29) is 6.10 Å². The molecule has 1 N–H and O–H groups in total. The van der Waals surface area contributed by atoms with Crippen LogP contribution < -0.4 is 0 Å². The molecule has 1 unspecified atom stereocenters. The maximum Gasteiger partial charge on any atom is 0.0863 e. The number of unbranched alkanes of at least 4 members (excludes halogenated alkanes) is 2. The molecule has 0 amide bonds. The van der Waals surface area contributed by atoms with Crippen LogP contribution in [-0.2, 0) is 4.74 Å². The predicted octanol–water partition coefficient (Wildman–Crippen LogP) is 2.70. The van der Waals surface area contributed by atoms with Crippen molar-refractivity contribution in [1.29, 1.82) is 0 Å². The molecular weight excluding hydrogens is 196 g/mol. The van der Waals surface area contributed by atoms with E-state index in [1.165, 1.54) is 12.8 Å². The second-order valence-electron chi connectivity index (χ2n) is 3.51. The van der Waals surface area contributed by atoms with Crippen LogP contribution in [0.1, 0.15) is 39.5 Å². The fourth-order valence-corrected chi connectivity index (χ4v) is 2.01. The molecule has 0 bridgehead atoms. The van der Waals surface area contributed by atoms with E-state index in [2.05, 4.69) is 13.8 Å². The molecule has 0 heterocycles. The van der Waals surface area contributed by atoms with E-state index >= 15 is 0 Å². The second kappa shape index (κ2) is 11.3. The zero-order valence-corrected chi connectivity index (χ0v) is 10.3. The first-order chi connectivity index (χ1) is 6.81. The van der Waals surface area contributed by atoms with Crippen LogP contribution in [0.5, 0.6) is 0 Å². The quantitative estimate of drug-likeness (QED) is 0.574. The van der Waals surface area contributed by atoms with Crippen LogP contribution in [0.2, 0.25) is 0 Å². The molecule has 0 aliphatic carbocycles. The van der Waals surface area contributed by atoms with E-state index in [9.17, 15) is 5.11 Å². The Labute approximate surface area is 92.4 Å². The Morgan fingerprint density at radius 2 is 1.93 bits per heavy atom. The largest absolute Gasteiger partial charge is 0.390 e. The molecule has 0 spiro atoms.